The Bertz CT molecular complexity index is 1050. The molecule has 1 aliphatic rings. The normalized spacial score (nSPS) is 19.1. The lowest BCUT2D eigenvalue weighted by Crippen LogP contribution is -2.57. The van der Waals surface area contributed by atoms with Gasteiger partial charge in [0, 0.05) is 10.3 Å². The van der Waals surface area contributed by atoms with E-state index in [1.165, 1.54) is 36.9 Å². The zero-order chi connectivity index (χ0) is 24.3. The number of aliphatic hydroxyl groups excluding tert-OH is 1. The lowest BCUT2D eigenvalue weighted by molar-refractivity contribution is -0.154. The van der Waals surface area contributed by atoms with Crippen LogP contribution >= 0.6 is 11.8 Å². The third kappa shape index (κ3) is 5.36. The predicted molar refractivity (Wildman–Crippen MR) is 123 cm³/mol. The average Bonchev–Trinajstić information content (AvgIpc) is 3.10. The molecular formula is C24H27FN2O5S. The summed E-state index contributed by atoms with van der Waals surface area (Å²) >= 11 is 1.30. The highest BCUT2D eigenvalue weighted by molar-refractivity contribution is 8.00. The van der Waals surface area contributed by atoms with E-state index in [1.54, 1.807) is 38.1 Å². The van der Waals surface area contributed by atoms with Crippen LogP contribution in [0.4, 0.5) is 4.39 Å². The number of carbonyl (C=O) groups is 3. The Morgan fingerprint density at radius 2 is 1.85 bits per heavy atom. The molecule has 1 saturated heterocycles. The molecule has 33 heavy (non-hydrogen) atoms. The summed E-state index contributed by atoms with van der Waals surface area (Å²) < 4.78 is 13.2. The summed E-state index contributed by atoms with van der Waals surface area (Å²) in [7, 11) is 0. The molecule has 2 aromatic carbocycles. The summed E-state index contributed by atoms with van der Waals surface area (Å²) in [5.41, 5.74) is 1.00. The Balaban J connectivity index is 1.88. The molecule has 1 heterocycles. The van der Waals surface area contributed by atoms with Crippen LogP contribution in [-0.4, -0.2) is 61.7 Å². The van der Waals surface area contributed by atoms with Crippen molar-refractivity contribution in [3.63, 3.8) is 0 Å². The van der Waals surface area contributed by atoms with Gasteiger partial charge in [0.25, 0.3) is 11.8 Å². The first kappa shape index (κ1) is 24.7. The lowest BCUT2D eigenvalue weighted by Gasteiger charge is -2.31. The molecule has 2 aromatic rings. The smallest absolute Gasteiger partial charge is 0.327 e. The second kappa shape index (κ2) is 9.93. The van der Waals surface area contributed by atoms with Crippen LogP contribution in [0.25, 0.3) is 0 Å². The van der Waals surface area contributed by atoms with Crippen molar-refractivity contribution in [1.82, 2.24) is 10.2 Å². The highest BCUT2D eigenvalue weighted by Gasteiger charge is 2.50. The van der Waals surface area contributed by atoms with Crippen molar-refractivity contribution in [2.24, 2.45) is 0 Å². The number of nitrogens with one attached hydrogen (secondary N) is 1. The zero-order valence-electron chi connectivity index (χ0n) is 18.6. The number of thioether (sulfide) groups is 1. The number of nitrogens with zero attached hydrogens (tertiary/aromatic N) is 1. The first-order valence-corrected chi connectivity index (χ1v) is 11.5. The molecule has 2 amide bonds. The maximum Gasteiger partial charge on any atom is 0.327 e. The summed E-state index contributed by atoms with van der Waals surface area (Å²) in [4.78, 5) is 39.1. The molecule has 0 bridgehead atoms. The molecule has 1 fully saturated rings. The van der Waals surface area contributed by atoms with E-state index in [4.69, 9.17) is 0 Å². The number of amides is 2. The van der Waals surface area contributed by atoms with Gasteiger partial charge in [-0.25, -0.2) is 9.18 Å². The minimum atomic E-state index is -1.70. The van der Waals surface area contributed by atoms with E-state index in [-0.39, 0.29) is 23.4 Å². The van der Waals surface area contributed by atoms with Gasteiger partial charge in [-0.1, -0.05) is 36.4 Å². The van der Waals surface area contributed by atoms with Crippen LogP contribution in [0.2, 0.25) is 0 Å². The molecule has 1 unspecified atom stereocenters. The number of carboxylic acids is 1. The van der Waals surface area contributed by atoms with E-state index < -0.39 is 46.5 Å². The van der Waals surface area contributed by atoms with Gasteiger partial charge in [-0.15, -0.1) is 11.8 Å². The van der Waals surface area contributed by atoms with Crippen molar-refractivity contribution in [3.8, 4) is 0 Å². The summed E-state index contributed by atoms with van der Waals surface area (Å²) in [6, 6.07) is 10.9. The maximum absolute atomic E-state index is 14.0. The van der Waals surface area contributed by atoms with Crippen LogP contribution in [0.5, 0.6) is 0 Å². The Morgan fingerprint density at radius 3 is 2.48 bits per heavy atom. The quantitative estimate of drug-likeness (QED) is 0.570. The van der Waals surface area contributed by atoms with Crippen LogP contribution in [0.15, 0.2) is 48.5 Å². The second-order valence-corrected chi connectivity index (χ2v) is 10.2. The van der Waals surface area contributed by atoms with Gasteiger partial charge in [0.05, 0.1) is 11.9 Å². The third-order valence-electron chi connectivity index (χ3n) is 5.82. The van der Waals surface area contributed by atoms with E-state index >= 15 is 0 Å². The largest absolute Gasteiger partial charge is 0.480 e. The number of hydrogen-bond acceptors (Lipinski definition) is 5. The Labute approximate surface area is 196 Å². The number of aliphatic hydroxyl groups is 1. The van der Waals surface area contributed by atoms with Gasteiger partial charge in [0.2, 0.25) is 0 Å². The number of carbonyl (C=O) groups excluding carboxylic acids is 2. The van der Waals surface area contributed by atoms with Gasteiger partial charge < -0.3 is 20.4 Å². The molecule has 0 spiro atoms. The number of rotatable bonds is 7. The van der Waals surface area contributed by atoms with Crippen molar-refractivity contribution in [2.75, 3.05) is 5.88 Å². The predicted octanol–water partition coefficient (Wildman–Crippen LogP) is 2.60. The summed E-state index contributed by atoms with van der Waals surface area (Å²) in [5.74, 6) is -3.01. The van der Waals surface area contributed by atoms with Crippen molar-refractivity contribution >= 4 is 29.5 Å². The zero-order valence-corrected chi connectivity index (χ0v) is 19.4. The molecule has 3 N–H and O–H groups in total. The van der Waals surface area contributed by atoms with E-state index in [9.17, 15) is 29.0 Å². The molecule has 0 aliphatic carbocycles. The molecule has 3 atom stereocenters. The van der Waals surface area contributed by atoms with Gasteiger partial charge in [0.15, 0.2) is 6.10 Å². The van der Waals surface area contributed by atoms with E-state index in [0.29, 0.717) is 0 Å². The molecule has 0 saturated carbocycles. The van der Waals surface area contributed by atoms with Crippen molar-refractivity contribution < 1.29 is 29.0 Å². The summed E-state index contributed by atoms with van der Waals surface area (Å²) in [5, 5.41) is 23.3. The van der Waals surface area contributed by atoms with Crippen molar-refractivity contribution in [1.29, 1.82) is 0 Å². The van der Waals surface area contributed by atoms with E-state index in [1.807, 2.05) is 6.07 Å². The molecule has 1 aliphatic heterocycles. The first-order valence-electron chi connectivity index (χ1n) is 10.5. The average molecular weight is 475 g/mol. The van der Waals surface area contributed by atoms with Gasteiger partial charge in [-0.2, -0.15) is 0 Å². The monoisotopic (exact) mass is 474 g/mol. The standard InChI is InChI=1S/C24H27FN2O5S/c1-14-16(10-7-11-17(14)25)21(29)26-18(12-15-8-5-4-6-9-15)19(28)22(30)27-13-33-24(2,3)20(27)23(31)32/h4-11,18-20,28H,12-13H2,1-3H3,(H,26,29)(H,31,32)/t18-,19-,20?/m0/s1. The highest BCUT2D eigenvalue weighted by Crippen LogP contribution is 2.39. The molecular weight excluding hydrogens is 447 g/mol. The van der Waals surface area contributed by atoms with Crippen LogP contribution in [0, 0.1) is 12.7 Å². The fourth-order valence-corrected chi connectivity index (χ4v) is 5.07. The van der Waals surface area contributed by atoms with E-state index in [2.05, 4.69) is 5.32 Å². The molecule has 176 valence electrons. The number of benzene rings is 2. The van der Waals surface area contributed by atoms with Crippen LogP contribution < -0.4 is 5.32 Å². The topological polar surface area (TPSA) is 107 Å². The van der Waals surface area contributed by atoms with Gasteiger partial charge >= 0.3 is 5.97 Å². The Morgan fingerprint density at radius 1 is 1.18 bits per heavy atom. The Hall–Kier alpha value is -2.91. The van der Waals surface area contributed by atoms with Crippen molar-refractivity contribution in [2.45, 2.75) is 50.1 Å². The summed E-state index contributed by atoms with van der Waals surface area (Å²) in [6.07, 6.45) is -1.57. The summed E-state index contributed by atoms with van der Waals surface area (Å²) in [6.45, 7) is 4.93. The Kier molecular flexibility index (Phi) is 7.44. The van der Waals surface area contributed by atoms with Gasteiger partial charge in [-0.05, 0) is 50.5 Å². The third-order valence-corrected chi connectivity index (χ3v) is 7.20. The van der Waals surface area contributed by atoms with Crippen molar-refractivity contribution in [3.05, 3.63) is 71.0 Å². The molecule has 3 rings (SSSR count). The minimum Gasteiger partial charge on any atom is -0.480 e. The van der Waals surface area contributed by atoms with Crippen LogP contribution in [0.3, 0.4) is 0 Å². The number of halogens is 1. The molecule has 0 radical (unpaired) electrons. The van der Waals surface area contributed by atoms with Crippen LogP contribution in [-0.2, 0) is 16.0 Å². The number of hydrogen-bond donors (Lipinski definition) is 3. The lowest BCUT2D eigenvalue weighted by atomic mass is 9.97. The van der Waals surface area contributed by atoms with Gasteiger partial charge in [0.1, 0.15) is 11.9 Å². The second-order valence-electron chi connectivity index (χ2n) is 8.55. The van der Waals surface area contributed by atoms with Crippen LogP contribution in [0.1, 0.15) is 35.3 Å². The number of aliphatic carboxylic acids is 1. The fourth-order valence-electron chi connectivity index (χ4n) is 3.94. The molecule has 9 heteroatoms. The number of carboxylic acid groups (broad SMARTS) is 1. The van der Waals surface area contributed by atoms with Gasteiger partial charge in [-0.3, -0.25) is 9.59 Å². The molecule has 7 nitrogen and oxygen atoms in total. The molecule has 0 aromatic heterocycles. The highest BCUT2D eigenvalue weighted by atomic mass is 32.2. The van der Waals surface area contributed by atoms with E-state index in [0.717, 1.165) is 10.5 Å². The SMILES string of the molecule is Cc1c(F)cccc1C(=O)N[C@@H](Cc1ccccc1)[C@H](O)C(=O)N1CSC(C)(C)C1C(=O)O. The maximum atomic E-state index is 14.0. The first-order chi connectivity index (χ1) is 15.5. The minimum absolute atomic E-state index is 0.0917. The fraction of sp³-hybridized carbons (Fsp3) is 0.375.